The average Bonchev–Trinajstić information content (AvgIpc) is 1.92. The summed E-state index contributed by atoms with van der Waals surface area (Å²) in [4.78, 5) is 0. The molecule has 10 heavy (non-hydrogen) atoms. The fourth-order valence-corrected chi connectivity index (χ4v) is 1.50. The second kappa shape index (κ2) is 3.80. The van der Waals surface area contributed by atoms with E-state index < -0.39 is 0 Å². The van der Waals surface area contributed by atoms with Gasteiger partial charge in [0, 0.05) is 0 Å². The van der Waals surface area contributed by atoms with Crippen LogP contribution in [0.4, 0.5) is 0 Å². The molecule has 0 N–H and O–H groups in total. The molecule has 0 heteroatoms. The van der Waals surface area contributed by atoms with Gasteiger partial charge in [-0.05, 0) is 31.1 Å². The Balaban J connectivity index is 2.41. The first-order valence-corrected chi connectivity index (χ1v) is 4.45. The Morgan fingerprint density at radius 2 is 1.90 bits per heavy atom. The smallest absolute Gasteiger partial charge is 0.0322 e. The molecule has 0 radical (unpaired) electrons. The number of hydrogen-bond donors (Lipinski definition) is 0. The normalized spacial score (nSPS) is 35.0. The van der Waals surface area contributed by atoms with Crippen LogP contribution in [0.2, 0.25) is 0 Å². The molecule has 0 aromatic rings. The van der Waals surface area contributed by atoms with Gasteiger partial charge >= 0.3 is 0 Å². The first-order chi connectivity index (χ1) is 4.80. The quantitative estimate of drug-likeness (QED) is 0.450. The lowest BCUT2D eigenvalue weighted by atomic mass is 9.87. The fraction of sp³-hybridized carbons (Fsp3) is 0.800. The minimum Gasteiger partial charge on any atom is -0.0885 e. The molecule has 0 aromatic heterocycles. The van der Waals surface area contributed by atoms with Crippen LogP contribution in [0.5, 0.6) is 0 Å². The van der Waals surface area contributed by atoms with Gasteiger partial charge < -0.3 is 0 Å². The van der Waals surface area contributed by atoms with Crippen molar-refractivity contribution in [3.05, 3.63) is 12.2 Å². The molecule has 2 unspecified atom stereocenters. The van der Waals surface area contributed by atoms with Gasteiger partial charge in [-0.3, -0.25) is 0 Å². The molecule has 0 bridgehead atoms. The van der Waals surface area contributed by atoms with Crippen LogP contribution in [0, 0.1) is 11.8 Å². The summed E-state index contributed by atoms with van der Waals surface area (Å²) in [6.45, 7) is 4.74. The van der Waals surface area contributed by atoms with Crippen molar-refractivity contribution in [2.75, 3.05) is 0 Å². The summed E-state index contributed by atoms with van der Waals surface area (Å²) in [5.41, 5.74) is 0. The van der Waals surface area contributed by atoms with E-state index in [0.717, 1.165) is 11.8 Å². The van der Waals surface area contributed by atoms with Gasteiger partial charge in [-0.25, -0.2) is 0 Å². The van der Waals surface area contributed by atoms with Crippen molar-refractivity contribution < 1.29 is 0 Å². The second-order valence-electron chi connectivity index (χ2n) is 3.59. The van der Waals surface area contributed by atoms with E-state index in [-0.39, 0.29) is 0 Å². The number of rotatable bonds is 0. The zero-order valence-corrected chi connectivity index (χ0v) is 7.14. The van der Waals surface area contributed by atoms with Crippen LogP contribution >= 0.6 is 0 Å². The molecule has 0 spiro atoms. The minimum absolute atomic E-state index is 0.900. The van der Waals surface area contributed by atoms with E-state index >= 15 is 0 Å². The van der Waals surface area contributed by atoms with E-state index in [4.69, 9.17) is 0 Å². The van der Waals surface area contributed by atoms with Crippen LogP contribution in [0.1, 0.15) is 39.5 Å². The third-order valence-corrected chi connectivity index (χ3v) is 2.68. The van der Waals surface area contributed by atoms with Crippen LogP contribution in [0.25, 0.3) is 0 Å². The van der Waals surface area contributed by atoms with E-state index in [1.165, 1.54) is 25.7 Å². The second-order valence-corrected chi connectivity index (χ2v) is 3.59. The molecule has 1 rings (SSSR count). The van der Waals surface area contributed by atoms with Gasteiger partial charge in [0.25, 0.3) is 0 Å². The Kier molecular flexibility index (Phi) is 2.98. The van der Waals surface area contributed by atoms with Gasteiger partial charge in [-0.15, -0.1) is 0 Å². The zero-order chi connectivity index (χ0) is 7.40. The summed E-state index contributed by atoms with van der Waals surface area (Å²) < 4.78 is 0. The molecule has 0 aromatic carbocycles. The largest absolute Gasteiger partial charge is 0.0885 e. The van der Waals surface area contributed by atoms with E-state index in [2.05, 4.69) is 26.0 Å². The van der Waals surface area contributed by atoms with Gasteiger partial charge in [-0.2, -0.15) is 0 Å². The highest BCUT2D eigenvalue weighted by molar-refractivity contribution is 4.86. The van der Waals surface area contributed by atoms with Crippen molar-refractivity contribution in [3.8, 4) is 0 Å². The van der Waals surface area contributed by atoms with Crippen LogP contribution in [-0.4, -0.2) is 0 Å². The van der Waals surface area contributed by atoms with Crippen molar-refractivity contribution in [3.63, 3.8) is 0 Å². The van der Waals surface area contributed by atoms with E-state index in [1.807, 2.05) is 0 Å². The summed E-state index contributed by atoms with van der Waals surface area (Å²) in [6.07, 6.45) is 10.1. The molecule has 1 aliphatic carbocycles. The molecule has 0 heterocycles. The molecule has 0 aliphatic heterocycles. The lowest BCUT2D eigenvalue weighted by molar-refractivity contribution is 0.354. The lowest BCUT2D eigenvalue weighted by Crippen LogP contribution is -2.07. The molecule has 0 nitrogen and oxygen atoms in total. The first kappa shape index (κ1) is 7.84. The molecule has 0 amide bonds. The van der Waals surface area contributed by atoms with Crippen molar-refractivity contribution in [1.29, 1.82) is 0 Å². The van der Waals surface area contributed by atoms with Crippen LogP contribution in [-0.2, 0) is 0 Å². The molecular formula is C10H18. The fourth-order valence-electron chi connectivity index (χ4n) is 1.50. The Hall–Kier alpha value is -0.260. The van der Waals surface area contributed by atoms with Crippen LogP contribution < -0.4 is 0 Å². The van der Waals surface area contributed by atoms with Gasteiger partial charge in [-0.1, -0.05) is 32.4 Å². The van der Waals surface area contributed by atoms with Crippen molar-refractivity contribution in [2.24, 2.45) is 11.8 Å². The summed E-state index contributed by atoms with van der Waals surface area (Å²) in [7, 11) is 0. The third kappa shape index (κ3) is 2.17. The Labute approximate surface area is 64.3 Å². The maximum atomic E-state index is 2.38. The van der Waals surface area contributed by atoms with E-state index in [1.54, 1.807) is 0 Å². The highest BCUT2D eigenvalue weighted by Gasteiger charge is 2.10. The third-order valence-electron chi connectivity index (χ3n) is 2.68. The summed E-state index contributed by atoms with van der Waals surface area (Å²) in [5, 5.41) is 0. The molecular weight excluding hydrogens is 120 g/mol. The summed E-state index contributed by atoms with van der Waals surface area (Å²) in [5.74, 6) is 1.83. The predicted octanol–water partition coefficient (Wildman–Crippen LogP) is 3.39. The van der Waals surface area contributed by atoms with Gasteiger partial charge in [0.05, 0.1) is 0 Å². The minimum atomic E-state index is 0.900. The summed E-state index contributed by atoms with van der Waals surface area (Å²) >= 11 is 0. The highest BCUT2D eigenvalue weighted by atomic mass is 14.2. The Morgan fingerprint density at radius 3 is 2.70 bits per heavy atom. The van der Waals surface area contributed by atoms with Crippen molar-refractivity contribution in [2.45, 2.75) is 39.5 Å². The topological polar surface area (TPSA) is 0 Å². The maximum Gasteiger partial charge on any atom is -0.0322 e. The Bertz CT molecular complexity index is 113. The van der Waals surface area contributed by atoms with Gasteiger partial charge in [0.2, 0.25) is 0 Å². The van der Waals surface area contributed by atoms with E-state index in [0.29, 0.717) is 0 Å². The first-order valence-electron chi connectivity index (χ1n) is 4.45. The van der Waals surface area contributed by atoms with Gasteiger partial charge in [0.1, 0.15) is 0 Å². The SMILES string of the molecule is CC1CC=CCCCC1C. The predicted molar refractivity (Wildman–Crippen MR) is 45.9 cm³/mol. The molecule has 1 aliphatic rings. The molecule has 58 valence electrons. The Morgan fingerprint density at radius 1 is 1.10 bits per heavy atom. The highest BCUT2D eigenvalue weighted by Crippen LogP contribution is 2.23. The standard InChI is InChI=1S/C10H18/c1-9-7-5-3-4-6-8-10(9)2/h3,5,9-10H,4,6-8H2,1-2H3. The molecule has 2 atom stereocenters. The van der Waals surface area contributed by atoms with Crippen LogP contribution in [0.3, 0.4) is 0 Å². The lowest BCUT2D eigenvalue weighted by Gasteiger charge is -2.19. The van der Waals surface area contributed by atoms with Crippen molar-refractivity contribution >= 4 is 0 Å². The monoisotopic (exact) mass is 138 g/mol. The van der Waals surface area contributed by atoms with Gasteiger partial charge in [0.15, 0.2) is 0 Å². The maximum absolute atomic E-state index is 2.38. The summed E-state index contributed by atoms with van der Waals surface area (Å²) in [6, 6.07) is 0. The van der Waals surface area contributed by atoms with Crippen molar-refractivity contribution in [1.82, 2.24) is 0 Å². The van der Waals surface area contributed by atoms with Crippen LogP contribution in [0.15, 0.2) is 12.2 Å². The average molecular weight is 138 g/mol. The molecule has 0 saturated carbocycles. The zero-order valence-electron chi connectivity index (χ0n) is 7.14. The van der Waals surface area contributed by atoms with E-state index in [9.17, 15) is 0 Å². The molecule has 0 fully saturated rings. The number of hydrogen-bond acceptors (Lipinski definition) is 0. The number of allylic oxidation sites excluding steroid dienone is 2. The molecule has 0 saturated heterocycles.